The van der Waals surface area contributed by atoms with Crippen LogP contribution in [0.25, 0.3) is 0 Å². The molecule has 1 atom stereocenters. The van der Waals surface area contributed by atoms with Crippen molar-refractivity contribution in [2.45, 2.75) is 44.7 Å². The zero-order valence-corrected chi connectivity index (χ0v) is 24.7. The van der Waals surface area contributed by atoms with Gasteiger partial charge < -0.3 is 10.2 Å². The molecule has 0 fully saturated rings. The van der Waals surface area contributed by atoms with E-state index in [9.17, 15) is 18.0 Å². The van der Waals surface area contributed by atoms with Crippen molar-refractivity contribution in [3.8, 4) is 0 Å². The van der Waals surface area contributed by atoms with Crippen molar-refractivity contribution in [2.75, 3.05) is 17.4 Å². The Labute approximate surface area is 238 Å². The second-order valence-corrected chi connectivity index (χ2v) is 12.1. The van der Waals surface area contributed by atoms with E-state index < -0.39 is 28.5 Å². The number of anilines is 1. The van der Waals surface area contributed by atoms with Crippen LogP contribution in [0.15, 0.2) is 82.2 Å². The zero-order chi connectivity index (χ0) is 27.9. The fraction of sp³-hybridized carbons (Fsp3) is 0.286. The Morgan fingerprint density at radius 2 is 1.68 bits per heavy atom. The second kappa shape index (κ2) is 13.3. The first kappa shape index (κ1) is 29.7. The monoisotopic (exact) mass is 619 g/mol. The lowest BCUT2D eigenvalue weighted by Crippen LogP contribution is -2.51. The molecule has 0 aliphatic rings. The molecular formula is C28H31BrClN3O4S. The normalized spacial score (nSPS) is 12.0. The van der Waals surface area contributed by atoms with Crippen LogP contribution in [0.2, 0.25) is 5.02 Å². The number of rotatable bonds is 11. The number of amides is 2. The largest absolute Gasteiger partial charge is 0.354 e. The fourth-order valence-corrected chi connectivity index (χ4v) is 5.77. The van der Waals surface area contributed by atoms with Crippen LogP contribution in [-0.2, 0) is 26.2 Å². The van der Waals surface area contributed by atoms with E-state index in [0.717, 1.165) is 26.3 Å². The van der Waals surface area contributed by atoms with Crippen molar-refractivity contribution < 1.29 is 18.0 Å². The Morgan fingerprint density at radius 1 is 1.03 bits per heavy atom. The zero-order valence-electron chi connectivity index (χ0n) is 21.5. The smallest absolute Gasteiger partial charge is 0.264 e. The van der Waals surface area contributed by atoms with E-state index >= 15 is 0 Å². The van der Waals surface area contributed by atoms with Gasteiger partial charge in [-0.1, -0.05) is 64.3 Å². The lowest BCUT2D eigenvalue weighted by molar-refractivity contribution is -0.139. The molecule has 0 heterocycles. The van der Waals surface area contributed by atoms with E-state index in [0.29, 0.717) is 17.3 Å². The molecule has 3 aromatic carbocycles. The minimum atomic E-state index is -4.13. The maximum Gasteiger partial charge on any atom is 0.264 e. The molecule has 0 radical (unpaired) electrons. The van der Waals surface area contributed by atoms with E-state index in [1.54, 1.807) is 31.2 Å². The summed E-state index contributed by atoms with van der Waals surface area (Å²) in [6, 6.07) is 19.3. The summed E-state index contributed by atoms with van der Waals surface area (Å²) in [4.78, 5) is 28.1. The van der Waals surface area contributed by atoms with Crippen LogP contribution in [-0.4, -0.2) is 44.3 Å². The van der Waals surface area contributed by atoms with Crippen molar-refractivity contribution in [3.63, 3.8) is 0 Å². The Balaban J connectivity index is 2.01. The van der Waals surface area contributed by atoms with Crippen LogP contribution in [0.1, 0.15) is 31.4 Å². The number of aryl methyl sites for hydroxylation is 1. The van der Waals surface area contributed by atoms with Gasteiger partial charge in [-0.05, 0) is 74.4 Å². The fourth-order valence-electron chi connectivity index (χ4n) is 3.78. The predicted octanol–water partition coefficient (Wildman–Crippen LogP) is 5.55. The number of hydrogen-bond donors (Lipinski definition) is 1. The average Bonchev–Trinajstić information content (AvgIpc) is 2.89. The topological polar surface area (TPSA) is 86.8 Å². The van der Waals surface area contributed by atoms with Gasteiger partial charge in [-0.2, -0.15) is 0 Å². The minimum absolute atomic E-state index is 0.00236. The number of halogens is 2. The SMILES string of the molecule is CCCNC(=O)[C@H](C)N(Cc1cccc(Br)c1)C(=O)CN(c1ccc(C)cc1)S(=O)(=O)c1ccc(Cl)cc1. The Bertz CT molecular complexity index is 1370. The first-order valence-electron chi connectivity index (χ1n) is 12.2. The van der Waals surface area contributed by atoms with E-state index in [1.165, 1.54) is 29.2 Å². The van der Waals surface area contributed by atoms with Crippen LogP contribution in [0.5, 0.6) is 0 Å². The summed E-state index contributed by atoms with van der Waals surface area (Å²) in [5.74, 6) is -0.820. The summed E-state index contributed by atoms with van der Waals surface area (Å²) in [5, 5.41) is 3.23. The molecule has 2 amide bonds. The molecular weight excluding hydrogens is 590 g/mol. The third-order valence-corrected chi connectivity index (χ3v) is 8.49. The molecule has 0 bridgehead atoms. The van der Waals surface area contributed by atoms with E-state index in [4.69, 9.17) is 11.6 Å². The minimum Gasteiger partial charge on any atom is -0.354 e. The molecule has 0 aliphatic carbocycles. The van der Waals surface area contributed by atoms with Gasteiger partial charge in [-0.25, -0.2) is 8.42 Å². The second-order valence-electron chi connectivity index (χ2n) is 8.92. The van der Waals surface area contributed by atoms with Crippen LogP contribution < -0.4 is 9.62 Å². The predicted molar refractivity (Wildman–Crippen MR) is 155 cm³/mol. The number of nitrogens with zero attached hydrogens (tertiary/aromatic N) is 2. The molecule has 0 saturated heterocycles. The molecule has 0 spiro atoms. The highest BCUT2D eigenvalue weighted by Crippen LogP contribution is 2.26. The van der Waals surface area contributed by atoms with Crippen molar-refractivity contribution in [3.05, 3.63) is 93.4 Å². The molecule has 1 N–H and O–H groups in total. The Morgan fingerprint density at radius 3 is 2.29 bits per heavy atom. The molecule has 10 heteroatoms. The molecule has 3 aromatic rings. The summed E-state index contributed by atoms with van der Waals surface area (Å²) >= 11 is 9.42. The van der Waals surface area contributed by atoms with Gasteiger partial charge in [0.15, 0.2) is 0 Å². The quantitative estimate of drug-likeness (QED) is 0.305. The van der Waals surface area contributed by atoms with E-state index in [2.05, 4.69) is 21.2 Å². The molecule has 38 heavy (non-hydrogen) atoms. The van der Waals surface area contributed by atoms with Gasteiger partial charge in [0.25, 0.3) is 10.0 Å². The van der Waals surface area contributed by atoms with Gasteiger partial charge in [-0.15, -0.1) is 0 Å². The maximum atomic E-state index is 13.8. The van der Waals surface area contributed by atoms with Gasteiger partial charge >= 0.3 is 0 Å². The van der Waals surface area contributed by atoms with Crippen molar-refractivity contribution in [2.24, 2.45) is 0 Å². The first-order chi connectivity index (χ1) is 18.0. The van der Waals surface area contributed by atoms with Crippen LogP contribution in [0, 0.1) is 6.92 Å². The number of hydrogen-bond acceptors (Lipinski definition) is 4. The molecule has 0 aliphatic heterocycles. The van der Waals surface area contributed by atoms with Gasteiger partial charge in [0.2, 0.25) is 11.8 Å². The third kappa shape index (κ3) is 7.58. The van der Waals surface area contributed by atoms with Crippen LogP contribution in [0.4, 0.5) is 5.69 Å². The number of sulfonamides is 1. The van der Waals surface area contributed by atoms with Gasteiger partial charge in [0, 0.05) is 22.6 Å². The molecule has 0 unspecified atom stereocenters. The number of nitrogens with one attached hydrogen (secondary N) is 1. The molecule has 3 rings (SSSR count). The molecule has 0 aromatic heterocycles. The Hall–Kier alpha value is -2.88. The summed E-state index contributed by atoms with van der Waals surface area (Å²) in [5.41, 5.74) is 2.08. The number of carbonyl (C=O) groups is 2. The third-order valence-electron chi connectivity index (χ3n) is 5.96. The first-order valence-corrected chi connectivity index (χ1v) is 14.8. The van der Waals surface area contributed by atoms with Crippen LogP contribution in [0.3, 0.4) is 0 Å². The van der Waals surface area contributed by atoms with Gasteiger partial charge in [0.1, 0.15) is 12.6 Å². The molecule has 0 saturated carbocycles. The number of carbonyl (C=O) groups excluding carboxylic acids is 2. The van der Waals surface area contributed by atoms with E-state index in [-0.39, 0.29) is 17.3 Å². The van der Waals surface area contributed by atoms with Gasteiger partial charge in [-0.3, -0.25) is 13.9 Å². The van der Waals surface area contributed by atoms with Crippen LogP contribution >= 0.6 is 27.5 Å². The molecule has 7 nitrogen and oxygen atoms in total. The van der Waals surface area contributed by atoms with Crippen molar-refractivity contribution in [1.29, 1.82) is 0 Å². The summed E-state index contributed by atoms with van der Waals surface area (Å²) < 4.78 is 29.4. The standard InChI is InChI=1S/C28H31BrClN3O4S/c1-4-16-31-28(35)21(3)32(18-22-6-5-7-23(29)17-22)27(34)19-33(25-12-8-20(2)9-13-25)38(36,37)26-14-10-24(30)11-15-26/h5-15,17,21H,4,16,18-19H2,1-3H3,(H,31,35)/t21-/m0/s1. The lowest BCUT2D eigenvalue weighted by Gasteiger charge is -2.32. The van der Waals surface area contributed by atoms with Gasteiger partial charge in [0.05, 0.1) is 10.6 Å². The van der Waals surface area contributed by atoms with Crippen molar-refractivity contribution >= 4 is 55.1 Å². The summed E-state index contributed by atoms with van der Waals surface area (Å²) in [6.07, 6.45) is 0.749. The van der Waals surface area contributed by atoms with E-state index in [1.807, 2.05) is 38.1 Å². The average molecular weight is 621 g/mol. The summed E-state index contributed by atoms with van der Waals surface area (Å²) in [7, 11) is -4.13. The highest BCUT2D eigenvalue weighted by atomic mass is 79.9. The summed E-state index contributed by atoms with van der Waals surface area (Å²) in [6.45, 7) is 5.59. The van der Waals surface area contributed by atoms with Crippen molar-refractivity contribution in [1.82, 2.24) is 10.2 Å². The highest BCUT2D eigenvalue weighted by Gasteiger charge is 2.32. The maximum absolute atomic E-state index is 13.8. The Kier molecular flexibility index (Phi) is 10.4. The molecule has 202 valence electrons. The lowest BCUT2D eigenvalue weighted by atomic mass is 10.1. The number of benzene rings is 3. The highest BCUT2D eigenvalue weighted by molar-refractivity contribution is 9.10.